The van der Waals surface area contributed by atoms with E-state index in [1.54, 1.807) is 46.2 Å². The Morgan fingerprint density at radius 3 is 2.10 bits per heavy atom. The molecule has 0 radical (unpaired) electrons. The van der Waals surface area contributed by atoms with E-state index < -0.39 is 10.5 Å². The Balaban J connectivity index is 1.62. The lowest BCUT2D eigenvalue weighted by Gasteiger charge is -2.35. The predicted molar refractivity (Wildman–Crippen MR) is 112 cm³/mol. The zero-order chi connectivity index (χ0) is 21.9. The number of nitrogens with zero attached hydrogens (tertiary/aromatic N) is 3. The van der Waals surface area contributed by atoms with Crippen molar-refractivity contribution >= 4 is 17.7 Å². The quantitative estimate of drug-likeness (QED) is 0.563. The summed E-state index contributed by atoms with van der Waals surface area (Å²) in [7, 11) is 0. The van der Waals surface area contributed by atoms with Gasteiger partial charge in [-0.15, -0.1) is 0 Å². The molecule has 0 spiro atoms. The number of carbonyl (C=O) groups is 2. The summed E-state index contributed by atoms with van der Waals surface area (Å²) in [5.74, 6) is -0.107. The van der Waals surface area contributed by atoms with Gasteiger partial charge in [-0.3, -0.25) is 14.9 Å². The van der Waals surface area contributed by atoms with E-state index in [0.29, 0.717) is 37.3 Å². The lowest BCUT2D eigenvalue weighted by atomic mass is 10.0. The minimum absolute atomic E-state index is 0.0236. The first-order valence-electron chi connectivity index (χ1n) is 9.76. The molecule has 158 valence electrons. The number of rotatable bonds is 3. The SMILES string of the molecule is CC(C)(C)OC(=O)N1CCN(C(=O)c2ccc(-c3cccc([N+](=O)[O-])c3)cc2)CC1. The molecule has 30 heavy (non-hydrogen) atoms. The molecule has 0 unspecified atom stereocenters. The van der Waals surface area contributed by atoms with Gasteiger partial charge < -0.3 is 14.5 Å². The molecular formula is C22H25N3O5. The fourth-order valence-electron chi connectivity index (χ4n) is 3.21. The number of amides is 2. The van der Waals surface area contributed by atoms with Gasteiger partial charge in [-0.1, -0.05) is 24.3 Å². The molecule has 0 aliphatic carbocycles. The standard InChI is InChI=1S/C22H25N3O5/c1-22(2,3)30-21(27)24-13-11-23(12-14-24)20(26)17-9-7-16(8-10-17)18-5-4-6-19(15-18)25(28)29/h4-10,15H,11-14H2,1-3H3. The number of hydrogen-bond acceptors (Lipinski definition) is 5. The van der Waals surface area contributed by atoms with Gasteiger partial charge in [0, 0.05) is 43.9 Å². The maximum absolute atomic E-state index is 12.8. The van der Waals surface area contributed by atoms with Crippen molar-refractivity contribution in [3.05, 3.63) is 64.2 Å². The molecule has 1 aliphatic heterocycles. The molecule has 1 fully saturated rings. The molecule has 2 amide bonds. The molecule has 1 heterocycles. The summed E-state index contributed by atoms with van der Waals surface area (Å²) in [5.41, 5.74) is 1.52. The second kappa shape index (κ2) is 8.52. The van der Waals surface area contributed by atoms with Crippen LogP contribution in [0.5, 0.6) is 0 Å². The highest BCUT2D eigenvalue weighted by Crippen LogP contribution is 2.24. The first-order chi connectivity index (χ1) is 14.1. The van der Waals surface area contributed by atoms with Crippen LogP contribution in [0.25, 0.3) is 11.1 Å². The minimum Gasteiger partial charge on any atom is -0.444 e. The van der Waals surface area contributed by atoms with Crippen LogP contribution >= 0.6 is 0 Å². The lowest BCUT2D eigenvalue weighted by molar-refractivity contribution is -0.384. The number of ether oxygens (including phenoxy) is 1. The second-order valence-corrected chi connectivity index (χ2v) is 8.14. The summed E-state index contributed by atoms with van der Waals surface area (Å²) in [6.07, 6.45) is -0.365. The molecule has 8 heteroatoms. The molecular weight excluding hydrogens is 386 g/mol. The summed E-state index contributed by atoms with van der Waals surface area (Å²) in [4.78, 5) is 38.8. The van der Waals surface area contributed by atoms with Gasteiger partial charge in [0.2, 0.25) is 0 Å². The van der Waals surface area contributed by atoms with Gasteiger partial charge in [-0.2, -0.15) is 0 Å². The third kappa shape index (κ3) is 5.14. The van der Waals surface area contributed by atoms with Crippen molar-refractivity contribution in [2.75, 3.05) is 26.2 Å². The van der Waals surface area contributed by atoms with Crippen molar-refractivity contribution in [3.8, 4) is 11.1 Å². The monoisotopic (exact) mass is 411 g/mol. The predicted octanol–water partition coefficient (Wildman–Crippen LogP) is 3.95. The fourth-order valence-corrected chi connectivity index (χ4v) is 3.21. The molecule has 1 aliphatic rings. The lowest BCUT2D eigenvalue weighted by Crippen LogP contribution is -2.51. The third-order valence-corrected chi connectivity index (χ3v) is 4.74. The van der Waals surface area contributed by atoms with Gasteiger partial charge in [0.15, 0.2) is 0 Å². The van der Waals surface area contributed by atoms with Gasteiger partial charge in [-0.25, -0.2) is 4.79 Å². The molecule has 0 aromatic heterocycles. The first kappa shape index (κ1) is 21.3. The maximum Gasteiger partial charge on any atom is 0.410 e. The topological polar surface area (TPSA) is 93.0 Å². The largest absolute Gasteiger partial charge is 0.444 e. The van der Waals surface area contributed by atoms with Crippen LogP contribution < -0.4 is 0 Å². The minimum atomic E-state index is -0.551. The molecule has 1 saturated heterocycles. The smallest absolute Gasteiger partial charge is 0.410 e. The average Bonchev–Trinajstić information content (AvgIpc) is 2.72. The first-order valence-corrected chi connectivity index (χ1v) is 9.76. The van der Waals surface area contributed by atoms with Crippen molar-refractivity contribution < 1.29 is 19.2 Å². The zero-order valence-corrected chi connectivity index (χ0v) is 17.3. The van der Waals surface area contributed by atoms with Crippen LogP contribution in [0.2, 0.25) is 0 Å². The van der Waals surface area contributed by atoms with E-state index in [4.69, 9.17) is 4.74 Å². The Hall–Kier alpha value is -3.42. The Labute approximate surface area is 175 Å². The number of non-ortho nitro benzene ring substituents is 1. The molecule has 3 rings (SSSR count). The third-order valence-electron chi connectivity index (χ3n) is 4.74. The van der Waals surface area contributed by atoms with Crippen LogP contribution in [-0.2, 0) is 4.74 Å². The van der Waals surface area contributed by atoms with Gasteiger partial charge in [0.25, 0.3) is 11.6 Å². The highest BCUT2D eigenvalue weighted by molar-refractivity contribution is 5.95. The molecule has 0 atom stereocenters. The number of nitro groups is 1. The van der Waals surface area contributed by atoms with Gasteiger partial charge in [0.05, 0.1) is 4.92 Å². The van der Waals surface area contributed by atoms with E-state index in [2.05, 4.69) is 0 Å². The van der Waals surface area contributed by atoms with E-state index in [1.165, 1.54) is 12.1 Å². The van der Waals surface area contributed by atoms with E-state index in [0.717, 1.165) is 5.56 Å². The van der Waals surface area contributed by atoms with E-state index in [1.807, 2.05) is 20.8 Å². The van der Waals surface area contributed by atoms with E-state index >= 15 is 0 Å². The van der Waals surface area contributed by atoms with Crippen molar-refractivity contribution in [2.45, 2.75) is 26.4 Å². The molecule has 0 N–H and O–H groups in total. The average molecular weight is 411 g/mol. The number of benzene rings is 2. The summed E-state index contributed by atoms with van der Waals surface area (Å²) < 4.78 is 5.38. The highest BCUT2D eigenvalue weighted by Gasteiger charge is 2.28. The maximum atomic E-state index is 12.8. The molecule has 2 aromatic rings. The number of nitro benzene ring substituents is 1. The van der Waals surface area contributed by atoms with Crippen LogP contribution in [0.1, 0.15) is 31.1 Å². The Morgan fingerprint density at radius 2 is 1.53 bits per heavy atom. The Kier molecular flexibility index (Phi) is 6.05. The summed E-state index contributed by atoms with van der Waals surface area (Å²) in [6, 6.07) is 13.4. The van der Waals surface area contributed by atoms with Gasteiger partial charge in [-0.05, 0) is 44.0 Å². The summed E-state index contributed by atoms with van der Waals surface area (Å²) in [5, 5.41) is 11.0. The zero-order valence-electron chi connectivity index (χ0n) is 17.3. The molecule has 8 nitrogen and oxygen atoms in total. The number of hydrogen-bond donors (Lipinski definition) is 0. The van der Waals surface area contributed by atoms with Crippen LogP contribution in [0, 0.1) is 10.1 Å². The number of carbonyl (C=O) groups excluding carboxylic acids is 2. The van der Waals surface area contributed by atoms with Crippen LogP contribution in [-0.4, -0.2) is 58.5 Å². The normalized spacial score (nSPS) is 14.4. The number of piperazine rings is 1. The highest BCUT2D eigenvalue weighted by atomic mass is 16.6. The van der Waals surface area contributed by atoms with Gasteiger partial charge >= 0.3 is 6.09 Å². The van der Waals surface area contributed by atoms with Crippen molar-refractivity contribution in [1.29, 1.82) is 0 Å². The Bertz CT molecular complexity index is 942. The second-order valence-electron chi connectivity index (χ2n) is 8.14. The van der Waals surface area contributed by atoms with Crippen LogP contribution in [0.15, 0.2) is 48.5 Å². The Morgan fingerprint density at radius 1 is 0.933 bits per heavy atom. The summed E-state index contributed by atoms with van der Waals surface area (Å²) in [6.45, 7) is 7.18. The van der Waals surface area contributed by atoms with Crippen molar-refractivity contribution in [2.24, 2.45) is 0 Å². The van der Waals surface area contributed by atoms with E-state index in [-0.39, 0.29) is 17.7 Å². The summed E-state index contributed by atoms with van der Waals surface area (Å²) >= 11 is 0. The molecule has 0 saturated carbocycles. The fraction of sp³-hybridized carbons (Fsp3) is 0.364. The van der Waals surface area contributed by atoms with Crippen LogP contribution in [0.4, 0.5) is 10.5 Å². The molecule has 2 aromatic carbocycles. The van der Waals surface area contributed by atoms with Crippen molar-refractivity contribution in [1.82, 2.24) is 9.80 Å². The van der Waals surface area contributed by atoms with Crippen molar-refractivity contribution in [3.63, 3.8) is 0 Å². The van der Waals surface area contributed by atoms with E-state index in [9.17, 15) is 19.7 Å². The van der Waals surface area contributed by atoms with Gasteiger partial charge in [0.1, 0.15) is 5.60 Å². The molecule has 0 bridgehead atoms. The van der Waals surface area contributed by atoms with Crippen LogP contribution in [0.3, 0.4) is 0 Å².